The molecule has 0 fully saturated rings. The lowest BCUT2D eigenvalue weighted by Crippen LogP contribution is -2.08. The minimum atomic E-state index is 0.0727. The second kappa shape index (κ2) is 7.91. The lowest BCUT2D eigenvalue weighted by molar-refractivity contribution is 0.464. The summed E-state index contributed by atoms with van der Waals surface area (Å²) in [5, 5.41) is 20.7. The topological polar surface area (TPSA) is 40.5 Å². The van der Waals surface area contributed by atoms with Gasteiger partial charge in [-0.15, -0.1) is 0 Å². The Morgan fingerprint density at radius 1 is 0.640 bits per heavy atom. The molecule has 0 spiro atoms. The molecule has 0 radical (unpaired) electrons. The van der Waals surface area contributed by atoms with Crippen LogP contribution in [0.2, 0.25) is 0 Å². The molecule has 6 heteroatoms. The van der Waals surface area contributed by atoms with E-state index in [0.29, 0.717) is 11.5 Å². The molecule has 0 amide bonds. The Bertz CT molecular complexity index is 732. The molecular formula is C19H20Br4O2. The van der Waals surface area contributed by atoms with Gasteiger partial charge in [-0.2, -0.15) is 0 Å². The Hall–Kier alpha value is -0.0400. The van der Waals surface area contributed by atoms with Crippen molar-refractivity contribution in [2.45, 2.75) is 47.0 Å². The number of phenols is 2. The van der Waals surface area contributed by atoms with Gasteiger partial charge in [-0.05, 0) is 45.2 Å². The zero-order chi connectivity index (χ0) is 19.2. The van der Waals surface area contributed by atoms with Gasteiger partial charge in [-0.3, -0.25) is 0 Å². The predicted molar refractivity (Wildman–Crippen MR) is 118 cm³/mol. The molecule has 0 aliphatic heterocycles. The van der Waals surface area contributed by atoms with Crippen LogP contribution in [0.4, 0.5) is 0 Å². The van der Waals surface area contributed by atoms with Crippen LogP contribution >= 0.6 is 63.7 Å². The maximum atomic E-state index is 10.3. The molecule has 25 heavy (non-hydrogen) atoms. The van der Waals surface area contributed by atoms with Crippen LogP contribution in [0.15, 0.2) is 17.9 Å². The molecule has 2 N–H and O–H groups in total. The second-order valence-corrected chi connectivity index (χ2v) is 9.41. The molecule has 2 nitrogen and oxygen atoms in total. The maximum absolute atomic E-state index is 10.3. The van der Waals surface area contributed by atoms with E-state index in [4.69, 9.17) is 0 Å². The number of rotatable bonds is 3. The quantitative estimate of drug-likeness (QED) is 0.376. The summed E-state index contributed by atoms with van der Waals surface area (Å²) in [5.74, 6) is 0.672. The number of halogens is 4. The van der Waals surface area contributed by atoms with Crippen molar-refractivity contribution >= 4 is 63.7 Å². The van der Waals surface area contributed by atoms with Crippen molar-refractivity contribution in [2.75, 3.05) is 0 Å². The lowest BCUT2D eigenvalue weighted by Gasteiger charge is -2.26. The van der Waals surface area contributed by atoms with Gasteiger partial charge < -0.3 is 10.2 Å². The third kappa shape index (κ3) is 3.44. The smallest absolute Gasteiger partial charge is 0.123 e. The second-order valence-electron chi connectivity index (χ2n) is 6.24. The first kappa shape index (κ1) is 21.3. The molecule has 0 unspecified atom stereocenters. The number of hydrogen-bond donors (Lipinski definition) is 2. The summed E-state index contributed by atoms with van der Waals surface area (Å²) in [5.41, 5.74) is 5.51. The summed E-state index contributed by atoms with van der Waals surface area (Å²) in [6, 6.07) is 0. The molecule has 0 saturated carbocycles. The van der Waals surface area contributed by atoms with Crippen molar-refractivity contribution in [3.63, 3.8) is 0 Å². The highest BCUT2D eigenvalue weighted by Gasteiger charge is 2.28. The molecule has 0 bridgehead atoms. The Labute approximate surface area is 182 Å². The van der Waals surface area contributed by atoms with E-state index in [-0.39, 0.29) is 5.92 Å². The molecule has 0 aromatic heterocycles. The molecule has 2 aromatic rings. The Morgan fingerprint density at radius 2 is 0.880 bits per heavy atom. The standard InChI is InChI=1S/C19H20Br4O2/c1-6-11(12-14(20)7(2)18(24)8(3)15(12)21)13-16(22)9(4)19(25)10(5)17(13)23/h11,24-25H,6H2,1-5H3. The van der Waals surface area contributed by atoms with Crippen LogP contribution in [0.3, 0.4) is 0 Å². The number of hydrogen-bond acceptors (Lipinski definition) is 2. The third-order valence-electron chi connectivity index (χ3n) is 4.79. The van der Waals surface area contributed by atoms with Crippen molar-refractivity contribution < 1.29 is 10.2 Å². The average Bonchev–Trinajstić information content (AvgIpc) is 2.60. The zero-order valence-corrected chi connectivity index (χ0v) is 21.0. The van der Waals surface area contributed by atoms with Crippen molar-refractivity contribution in [1.29, 1.82) is 0 Å². The van der Waals surface area contributed by atoms with Crippen molar-refractivity contribution in [3.8, 4) is 11.5 Å². The van der Waals surface area contributed by atoms with E-state index in [1.807, 2.05) is 27.7 Å². The third-order valence-corrected chi connectivity index (χ3v) is 8.88. The van der Waals surface area contributed by atoms with Gasteiger partial charge in [-0.25, -0.2) is 0 Å². The summed E-state index contributed by atoms with van der Waals surface area (Å²) in [7, 11) is 0. The molecule has 0 atom stereocenters. The summed E-state index contributed by atoms with van der Waals surface area (Å²) in [6.45, 7) is 9.77. The first-order chi connectivity index (χ1) is 11.6. The summed E-state index contributed by atoms with van der Waals surface area (Å²) in [6.07, 6.45) is 0.863. The number of aromatic hydroxyl groups is 2. The van der Waals surface area contributed by atoms with Crippen LogP contribution in [0.5, 0.6) is 11.5 Å². The van der Waals surface area contributed by atoms with E-state index < -0.39 is 0 Å². The van der Waals surface area contributed by atoms with Gasteiger partial charge in [0.1, 0.15) is 11.5 Å². The SMILES string of the molecule is CCC(c1c(Br)c(C)c(O)c(C)c1Br)c1c(Br)c(C)c(O)c(C)c1Br. The van der Waals surface area contributed by atoms with Crippen LogP contribution in [0.25, 0.3) is 0 Å². The molecule has 0 heterocycles. The van der Waals surface area contributed by atoms with Gasteiger partial charge in [-0.1, -0.05) is 70.6 Å². The molecule has 0 saturated heterocycles. The minimum Gasteiger partial charge on any atom is -0.507 e. The van der Waals surface area contributed by atoms with Gasteiger partial charge in [0.25, 0.3) is 0 Å². The van der Waals surface area contributed by atoms with E-state index in [1.54, 1.807) is 0 Å². The van der Waals surface area contributed by atoms with Crippen LogP contribution in [-0.4, -0.2) is 10.2 Å². The van der Waals surface area contributed by atoms with E-state index in [0.717, 1.165) is 57.7 Å². The van der Waals surface area contributed by atoms with Crippen LogP contribution < -0.4 is 0 Å². The van der Waals surface area contributed by atoms with Crippen LogP contribution in [0, 0.1) is 27.7 Å². The van der Waals surface area contributed by atoms with Gasteiger partial charge in [0, 0.05) is 46.1 Å². The van der Waals surface area contributed by atoms with E-state index in [1.165, 1.54) is 0 Å². The molecule has 0 aliphatic carbocycles. The van der Waals surface area contributed by atoms with Crippen molar-refractivity contribution in [1.82, 2.24) is 0 Å². The van der Waals surface area contributed by atoms with Crippen molar-refractivity contribution in [3.05, 3.63) is 51.3 Å². The van der Waals surface area contributed by atoms with Crippen LogP contribution in [0.1, 0.15) is 52.6 Å². The fourth-order valence-electron chi connectivity index (χ4n) is 3.14. The Morgan fingerprint density at radius 3 is 1.08 bits per heavy atom. The molecule has 2 rings (SSSR count). The highest BCUT2D eigenvalue weighted by Crippen LogP contribution is 2.50. The molecule has 0 aliphatic rings. The fraction of sp³-hybridized carbons (Fsp3) is 0.368. The van der Waals surface area contributed by atoms with Gasteiger partial charge in [0.05, 0.1) is 0 Å². The fourth-order valence-corrected chi connectivity index (χ4v) is 6.33. The maximum Gasteiger partial charge on any atom is 0.123 e. The minimum absolute atomic E-state index is 0.0727. The van der Waals surface area contributed by atoms with Gasteiger partial charge >= 0.3 is 0 Å². The van der Waals surface area contributed by atoms with E-state index >= 15 is 0 Å². The summed E-state index contributed by atoms with van der Waals surface area (Å²) >= 11 is 14.7. The van der Waals surface area contributed by atoms with Gasteiger partial charge in [0.2, 0.25) is 0 Å². The average molecular weight is 600 g/mol. The van der Waals surface area contributed by atoms with Crippen LogP contribution in [-0.2, 0) is 0 Å². The van der Waals surface area contributed by atoms with Crippen molar-refractivity contribution in [2.24, 2.45) is 0 Å². The highest BCUT2D eigenvalue weighted by molar-refractivity contribution is 9.11. The molecule has 2 aromatic carbocycles. The summed E-state index contributed by atoms with van der Waals surface area (Å²) in [4.78, 5) is 0. The first-order valence-electron chi connectivity index (χ1n) is 7.90. The van der Waals surface area contributed by atoms with E-state index in [9.17, 15) is 10.2 Å². The normalized spacial score (nSPS) is 11.4. The largest absolute Gasteiger partial charge is 0.507 e. The van der Waals surface area contributed by atoms with E-state index in [2.05, 4.69) is 70.6 Å². The Kier molecular flexibility index (Phi) is 6.73. The number of benzene rings is 2. The first-order valence-corrected chi connectivity index (χ1v) is 11.1. The molecular weight excluding hydrogens is 580 g/mol. The lowest BCUT2D eigenvalue weighted by atomic mass is 9.85. The highest BCUT2D eigenvalue weighted by atomic mass is 79.9. The predicted octanol–water partition coefficient (Wildman–Crippen LogP) is 7.92. The van der Waals surface area contributed by atoms with Gasteiger partial charge in [0.15, 0.2) is 0 Å². The molecule has 136 valence electrons. The zero-order valence-electron chi connectivity index (χ0n) is 14.7. The summed E-state index contributed by atoms with van der Waals surface area (Å²) < 4.78 is 3.60. The monoisotopic (exact) mass is 596 g/mol. The number of phenolic OH excluding ortho intramolecular Hbond substituents is 2. The Balaban J connectivity index is 2.90.